The van der Waals surface area contributed by atoms with Crippen LogP contribution in [-0.4, -0.2) is 52.4 Å². The molecule has 2 aromatic rings. The van der Waals surface area contributed by atoms with E-state index in [9.17, 15) is 13.2 Å². The summed E-state index contributed by atoms with van der Waals surface area (Å²) in [5.41, 5.74) is 0.398. The van der Waals surface area contributed by atoms with Gasteiger partial charge in [0.15, 0.2) is 11.5 Å². The van der Waals surface area contributed by atoms with Gasteiger partial charge in [-0.15, -0.1) is 0 Å². The van der Waals surface area contributed by atoms with Crippen molar-refractivity contribution >= 4 is 33.1 Å². The summed E-state index contributed by atoms with van der Waals surface area (Å²) < 4.78 is 41.0. The summed E-state index contributed by atoms with van der Waals surface area (Å²) in [7, 11) is -2.37. The van der Waals surface area contributed by atoms with Crippen LogP contribution in [0.2, 0.25) is 5.02 Å². The zero-order valence-corrected chi connectivity index (χ0v) is 24.6. The predicted molar refractivity (Wildman–Crippen MR) is 154 cm³/mol. The number of halogens is 1. The molecule has 0 atom stereocenters. The normalized spacial score (nSPS) is 30.8. The molecule has 6 aliphatic rings. The lowest BCUT2D eigenvalue weighted by atomic mass is 9.48. The number of ether oxygens (including phenoxy) is 2. The van der Waals surface area contributed by atoms with Gasteiger partial charge in [0.1, 0.15) is 16.4 Å². The molecule has 1 saturated heterocycles. The van der Waals surface area contributed by atoms with Gasteiger partial charge in [0.2, 0.25) is 0 Å². The van der Waals surface area contributed by atoms with Gasteiger partial charge in [0.25, 0.3) is 10.0 Å². The minimum Gasteiger partial charge on any atom is -0.497 e. The molecule has 0 radical (unpaired) electrons. The van der Waals surface area contributed by atoms with Gasteiger partial charge in [0, 0.05) is 23.0 Å². The van der Waals surface area contributed by atoms with E-state index in [1.807, 2.05) is 0 Å². The first-order valence-electron chi connectivity index (χ1n) is 14.7. The number of hydrogen-bond acceptors (Lipinski definition) is 6. The minimum atomic E-state index is -3.94. The van der Waals surface area contributed by atoms with Crippen molar-refractivity contribution in [3.05, 3.63) is 41.4 Å². The van der Waals surface area contributed by atoms with Crippen molar-refractivity contribution in [1.82, 2.24) is 4.90 Å². The van der Waals surface area contributed by atoms with Crippen LogP contribution in [0.3, 0.4) is 0 Å². The Morgan fingerprint density at radius 2 is 1.65 bits per heavy atom. The lowest BCUT2D eigenvalue weighted by Crippen LogP contribution is -2.53. The molecule has 4 aliphatic carbocycles. The third kappa shape index (κ3) is 4.60. The molecule has 0 aromatic heterocycles. The first-order chi connectivity index (χ1) is 19.2. The van der Waals surface area contributed by atoms with Gasteiger partial charge in [0.05, 0.1) is 19.3 Å². The van der Waals surface area contributed by atoms with E-state index in [4.69, 9.17) is 21.1 Å². The van der Waals surface area contributed by atoms with Crippen LogP contribution in [0.4, 0.5) is 5.69 Å². The van der Waals surface area contributed by atoms with E-state index in [1.54, 1.807) is 37.4 Å². The lowest BCUT2D eigenvalue weighted by Gasteiger charge is -2.56. The fourth-order valence-electron chi connectivity index (χ4n) is 8.62. The standard InChI is InChI=1S/C31H37ClN2O5S/c1-38-25-3-5-27-26(14-25)34(40(36,37)29-13-24(32)2-4-28(29)39-27)18-20-6-8-33(9-7-20)19-30(35)31-15-21-10-22(16-31)12-23(11-21)17-31/h2-5,13-14,20-23H,6-12,15-19H2,1H3. The number of hydrogen-bond donors (Lipinski definition) is 0. The highest BCUT2D eigenvalue weighted by Gasteiger charge is 2.54. The topological polar surface area (TPSA) is 76.2 Å². The highest BCUT2D eigenvalue weighted by molar-refractivity contribution is 7.93. The molecule has 8 rings (SSSR count). The predicted octanol–water partition coefficient (Wildman–Crippen LogP) is 6.15. The first kappa shape index (κ1) is 26.6. The van der Waals surface area contributed by atoms with Gasteiger partial charge in [-0.2, -0.15) is 0 Å². The van der Waals surface area contributed by atoms with Crippen molar-refractivity contribution < 1.29 is 22.7 Å². The van der Waals surface area contributed by atoms with Crippen molar-refractivity contribution in [3.63, 3.8) is 0 Å². The van der Waals surface area contributed by atoms with Crippen LogP contribution in [0.25, 0.3) is 0 Å². The lowest BCUT2D eigenvalue weighted by molar-refractivity contribution is -0.145. The van der Waals surface area contributed by atoms with Gasteiger partial charge in [-0.1, -0.05) is 11.6 Å². The Balaban J connectivity index is 1.07. The molecule has 0 N–H and O–H groups in total. The average molecular weight is 585 g/mol. The monoisotopic (exact) mass is 584 g/mol. The van der Waals surface area contributed by atoms with Gasteiger partial charge < -0.3 is 9.47 Å². The maximum absolute atomic E-state index is 14.0. The van der Waals surface area contributed by atoms with Gasteiger partial charge >= 0.3 is 0 Å². The van der Waals surface area contributed by atoms with E-state index < -0.39 is 10.0 Å². The number of likely N-dealkylation sites (tertiary alicyclic amines) is 1. The van der Waals surface area contributed by atoms with Crippen LogP contribution in [0, 0.1) is 29.1 Å². The minimum absolute atomic E-state index is 0.0637. The zero-order valence-electron chi connectivity index (χ0n) is 23.0. The van der Waals surface area contributed by atoms with Crippen molar-refractivity contribution in [1.29, 1.82) is 0 Å². The van der Waals surface area contributed by atoms with Gasteiger partial charge in [-0.3, -0.25) is 14.0 Å². The molecular weight excluding hydrogens is 548 g/mol. The highest BCUT2D eigenvalue weighted by atomic mass is 35.5. The molecule has 2 aliphatic heterocycles. The van der Waals surface area contributed by atoms with Crippen molar-refractivity contribution in [2.75, 3.05) is 37.6 Å². The molecule has 0 spiro atoms. The Morgan fingerprint density at radius 1 is 1.00 bits per heavy atom. The number of methoxy groups -OCH3 is 1. The van der Waals surface area contributed by atoms with Crippen LogP contribution >= 0.6 is 11.6 Å². The SMILES string of the molecule is COc1ccc2c(c1)N(CC1CCN(CC(=O)C34CC5CC(CC(C5)C3)C4)CC1)S(=O)(=O)c1cc(Cl)ccc1O2. The second-order valence-electron chi connectivity index (χ2n) is 12.9. The fourth-order valence-corrected chi connectivity index (χ4v) is 10.5. The van der Waals surface area contributed by atoms with Gasteiger partial charge in [-0.05, 0) is 118 Å². The summed E-state index contributed by atoms with van der Waals surface area (Å²) in [6.45, 7) is 2.48. The van der Waals surface area contributed by atoms with Crippen molar-refractivity contribution in [2.45, 2.75) is 56.3 Å². The number of fused-ring (bicyclic) bond motifs is 2. The number of piperidine rings is 1. The smallest absolute Gasteiger partial charge is 0.268 e. The van der Waals surface area contributed by atoms with E-state index in [-0.39, 0.29) is 22.0 Å². The van der Waals surface area contributed by atoms with Crippen LogP contribution in [0.15, 0.2) is 41.3 Å². The van der Waals surface area contributed by atoms with Crippen LogP contribution in [0.1, 0.15) is 51.4 Å². The molecular formula is C31H37ClN2O5S. The Morgan fingerprint density at radius 3 is 2.30 bits per heavy atom. The highest BCUT2D eigenvalue weighted by Crippen LogP contribution is 2.60. The van der Waals surface area contributed by atoms with Crippen LogP contribution < -0.4 is 13.8 Å². The van der Waals surface area contributed by atoms with Crippen LogP contribution in [-0.2, 0) is 14.8 Å². The van der Waals surface area contributed by atoms with E-state index in [2.05, 4.69) is 4.90 Å². The molecule has 2 aromatic carbocycles. The summed E-state index contributed by atoms with van der Waals surface area (Å²) >= 11 is 6.22. The van der Waals surface area contributed by atoms with E-state index in [1.165, 1.54) is 29.6 Å². The third-order valence-electron chi connectivity index (χ3n) is 10.3. The number of sulfonamides is 1. The van der Waals surface area contributed by atoms with Crippen LogP contribution in [0.5, 0.6) is 17.2 Å². The quantitative estimate of drug-likeness (QED) is 0.405. The number of rotatable bonds is 6. The number of carbonyl (C=O) groups excluding carboxylic acids is 1. The fraction of sp³-hybridized carbons (Fsp3) is 0.581. The largest absolute Gasteiger partial charge is 0.497 e. The summed E-state index contributed by atoms with van der Waals surface area (Å²) in [5, 5.41) is 0.339. The number of carbonyl (C=O) groups is 1. The summed E-state index contributed by atoms with van der Waals surface area (Å²) in [5.74, 6) is 4.20. The molecule has 9 heteroatoms. The van der Waals surface area contributed by atoms with Crippen molar-refractivity contribution in [2.24, 2.45) is 29.1 Å². The van der Waals surface area contributed by atoms with Crippen molar-refractivity contribution in [3.8, 4) is 17.2 Å². The molecule has 4 bridgehead atoms. The summed E-state index contributed by atoms with van der Waals surface area (Å²) in [6.07, 6.45) is 9.02. The molecule has 4 saturated carbocycles. The maximum atomic E-state index is 14.0. The van der Waals surface area contributed by atoms with E-state index in [0.717, 1.165) is 62.9 Å². The van der Waals surface area contributed by atoms with E-state index in [0.29, 0.717) is 41.1 Å². The molecule has 0 amide bonds. The third-order valence-corrected chi connectivity index (χ3v) is 12.3. The Kier molecular flexibility index (Phi) is 6.59. The van der Waals surface area contributed by atoms with E-state index >= 15 is 0 Å². The second-order valence-corrected chi connectivity index (χ2v) is 15.2. The number of nitrogens with zero attached hydrogens (tertiary/aromatic N) is 2. The van der Waals surface area contributed by atoms with Gasteiger partial charge in [-0.25, -0.2) is 8.42 Å². The summed E-state index contributed by atoms with van der Waals surface area (Å²) in [6, 6.07) is 9.94. The molecule has 214 valence electrons. The Hall–Kier alpha value is -2.29. The maximum Gasteiger partial charge on any atom is 0.268 e. The Bertz CT molecular complexity index is 1400. The summed E-state index contributed by atoms with van der Waals surface area (Å²) in [4.78, 5) is 16.0. The molecule has 7 nitrogen and oxygen atoms in total. The second kappa shape index (κ2) is 9.92. The zero-order chi connectivity index (χ0) is 27.6. The number of anilines is 1. The first-order valence-corrected chi connectivity index (χ1v) is 16.5. The number of benzene rings is 2. The number of Topliss-reactive ketones (excluding diaryl/α,β-unsaturated/α-hetero) is 1. The molecule has 0 unspecified atom stereocenters. The molecule has 2 heterocycles. The Labute approximate surface area is 241 Å². The molecule has 5 fully saturated rings. The number of ketones is 1. The average Bonchev–Trinajstić information content (AvgIpc) is 3.01. The molecule has 40 heavy (non-hydrogen) atoms.